The summed E-state index contributed by atoms with van der Waals surface area (Å²) in [6.45, 7) is 15.2. The third-order valence-corrected chi connectivity index (χ3v) is 11.2. The predicted molar refractivity (Wildman–Crippen MR) is 168 cm³/mol. The number of fused-ring (bicyclic) bond motifs is 8. The van der Waals surface area contributed by atoms with E-state index in [2.05, 4.69) is 76.5 Å². The molecule has 1 saturated carbocycles. The van der Waals surface area contributed by atoms with Gasteiger partial charge < -0.3 is 4.74 Å². The number of hydrogen-bond acceptors (Lipinski definition) is 1. The number of allylic oxidation sites excluding steroid dienone is 3. The van der Waals surface area contributed by atoms with Crippen molar-refractivity contribution in [2.24, 2.45) is 5.41 Å². The molecule has 2 aromatic carbocycles. The number of ether oxygens (including phenoxy) is 1. The third-order valence-electron chi connectivity index (χ3n) is 11.2. The molecule has 0 amide bonds. The van der Waals surface area contributed by atoms with Crippen molar-refractivity contribution in [2.45, 2.75) is 117 Å². The Morgan fingerprint density at radius 3 is 2.56 bits per heavy atom. The highest BCUT2D eigenvalue weighted by Gasteiger charge is 2.81. The molecule has 2 nitrogen and oxygen atoms in total. The average Bonchev–Trinajstić information content (AvgIpc) is 3.23. The van der Waals surface area contributed by atoms with Gasteiger partial charge in [-0.15, -0.1) is 0 Å². The molecule has 2 aromatic rings. The van der Waals surface area contributed by atoms with Gasteiger partial charge in [0.05, 0.1) is 22.2 Å². The first kappa shape index (κ1) is 28.4. The number of aryl methyl sites for hydroxylation is 3. The zero-order valence-corrected chi connectivity index (χ0v) is 26.3. The third kappa shape index (κ3) is 3.97. The molecule has 0 N–H and O–H groups in total. The fraction of sp³-hybridized carbons (Fsp3) is 0.553. The van der Waals surface area contributed by atoms with Crippen LogP contribution in [-0.4, -0.2) is 29.0 Å². The Morgan fingerprint density at radius 2 is 1.83 bits per heavy atom. The van der Waals surface area contributed by atoms with Crippen LogP contribution in [0.4, 0.5) is 4.39 Å². The van der Waals surface area contributed by atoms with Crippen LogP contribution in [0.2, 0.25) is 0 Å². The molecule has 0 aromatic heterocycles. The topological polar surface area (TPSA) is 12.2 Å². The van der Waals surface area contributed by atoms with Gasteiger partial charge in [-0.3, -0.25) is 0 Å². The highest BCUT2D eigenvalue weighted by Crippen LogP contribution is 2.71. The van der Waals surface area contributed by atoms with E-state index in [4.69, 9.17) is 4.74 Å². The van der Waals surface area contributed by atoms with Gasteiger partial charge in [0.2, 0.25) is 5.71 Å². The molecule has 3 aliphatic heterocycles. The van der Waals surface area contributed by atoms with Crippen molar-refractivity contribution in [3.63, 3.8) is 0 Å². The molecule has 4 aliphatic rings. The van der Waals surface area contributed by atoms with E-state index in [1.54, 1.807) is 0 Å². The summed E-state index contributed by atoms with van der Waals surface area (Å²) in [6.07, 6.45) is 15.7. The Kier molecular flexibility index (Phi) is 7.32. The van der Waals surface area contributed by atoms with Crippen LogP contribution in [0.1, 0.15) is 120 Å². The van der Waals surface area contributed by atoms with Crippen molar-refractivity contribution in [3.8, 4) is 0 Å². The largest absolute Gasteiger partial charge is 0.497 e. The molecule has 3 atom stereocenters. The summed E-state index contributed by atoms with van der Waals surface area (Å²) in [4.78, 5) is 0. The molecule has 0 radical (unpaired) electrons. The Hall–Kier alpha value is -2.68. The van der Waals surface area contributed by atoms with Crippen LogP contribution in [0.3, 0.4) is 0 Å². The van der Waals surface area contributed by atoms with Crippen LogP contribution >= 0.6 is 0 Å². The van der Waals surface area contributed by atoms with E-state index in [1.807, 2.05) is 12.1 Å². The lowest BCUT2D eigenvalue weighted by Crippen LogP contribution is -2.80. The molecule has 1 spiro atoms. The second-order valence-electron chi connectivity index (χ2n) is 13.3. The minimum absolute atomic E-state index is 0.0881. The van der Waals surface area contributed by atoms with Crippen LogP contribution < -0.4 is 0 Å². The second-order valence-corrected chi connectivity index (χ2v) is 13.3. The maximum Gasteiger partial charge on any atom is 0.215 e. The molecule has 1 fully saturated rings. The van der Waals surface area contributed by atoms with Gasteiger partial charge in [0.1, 0.15) is 19.0 Å². The van der Waals surface area contributed by atoms with Crippen molar-refractivity contribution < 1.29 is 13.7 Å². The van der Waals surface area contributed by atoms with Crippen LogP contribution in [0.25, 0.3) is 0 Å². The van der Waals surface area contributed by atoms with E-state index >= 15 is 4.39 Å². The highest BCUT2D eigenvalue weighted by molar-refractivity contribution is 6.13. The first-order valence-corrected chi connectivity index (χ1v) is 16.4. The number of rotatable bonds is 7. The van der Waals surface area contributed by atoms with Crippen LogP contribution in [0, 0.1) is 11.2 Å². The number of unbranched alkanes of at least 4 members (excludes halogenated alkanes) is 2. The molecule has 1 aliphatic carbocycles. The molecule has 41 heavy (non-hydrogen) atoms. The fourth-order valence-electron chi connectivity index (χ4n) is 9.75. The lowest BCUT2D eigenvalue weighted by molar-refractivity contribution is -0.664. The molecule has 3 unspecified atom stereocenters. The van der Waals surface area contributed by atoms with E-state index < -0.39 is 0 Å². The van der Waals surface area contributed by atoms with Gasteiger partial charge in [-0.2, -0.15) is 0 Å². The van der Waals surface area contributed by atoms with E-state index in [1.165, 1.54) is 58.4 Å². The van der Waals surface area contributed by atoms with Crippen molar-refractivity contribution in [3.05, 3.63) is 93.0 Å². The lowest BCUT2D eigenvalue weighted by atomic mass is 9.35. The van der Waals surface area contributed by atoms with Crippen LogP contribution in [0.5, 0.6) is 0 Å². The van der Waals surface area contributed by atoms with E-state index in [0.717, 1.165) is 62.8 Å². The predicted octanol–water partition coefficient (Wildman–Crippen LogP) is 9.00. The van der Waals surface area contributed by atoms with Crippen molar-refractivity contribution in [1.82, 2.24) is 0 Å². The monoisotopic (exact) mass is 554 g/mol. The first-order chi connectivity index (χ1) is 19.8. The molecular formula is C38H49FNO+. The summed E-state index contributed by atoms with van der Waals surface area (Å²) in [5.74, 6) is 0.905. The highest BCUT2D eigenvalue weighted by atomic mass is 19.1. The number of hydrogen-bond donors (Lipinski definition) is 0. The molecule has 218 valence electrons. The van der Waals surface area contributed by atoms with E-state index in [0.29, 0.717) is 6.61 Å². The second kappa shape index (κ2) is 10.5. The van der Waals surface area contributed by atoms with Crippen molar-refractivity contribution in [2.75, 3.05) is 13.2 Å². The number of nitrogens with zero attached hydrogens (tertiary/aromatic N) is 1. The Morgan fingerprint density at radius 1 is 1.00 bits per heavy atom. The maximum atomic E-state index is 15.5. The Labute approximate surface area is 247 Å². The molecule has 3 heterocycles. The van der Waals surface area contributed by atoms with Crippen LogP contribution in [0.15, 0.2) is 53.8 Å². The summed E-state index contributed by atoms with van der Waals surface area (Å²) in [6, 6.07) is 11.0. The molecule has 0 bridgehead atoms. The van der Waals surface area contributed by atoms with Crippen molar-refractivity contribution in [1.29, 1.82) is 0 Å². The zero-order valence-electron chi connectivity index (χ0n) is 26.3. The number of halogens is 1. The summed E-state index contributed by atoms with van der Waals surface area (Å²) >= 11 is 0. The molecule has 3 heteroatoms. The SMILES string of the molecule is CCCCCc1ccc2c(c1)CCC[N+]1=C2c2c(CC)cc(F)cc2C2(CC)CC3(C=C(C)C=C(C)OC3)C12CC. The Bertz CT molecular complexity index is 1460. The van der Waals surface area contributed by atoms with Crippen molar-refractivity contribution >= 4 is 5.71 Å². The Balaban J connectivity index is 1.66. The summed E-state index contributed by atoms with van der Waals surface area (Å²) in [5, 5.41) is 0. The van der Waals surface area contributed by atoms with Gasteiger partial charge in [-0.05, 0) is 98.9 Å². The summed E-state index contributed by atoms with van der Waals surface area (Å²) in [7, 11) is 0. The minimum Gasteiger partial charge on any atom is -0.497 e. The lowest BCUT2D eigenvalue weighted by Gasteiger charge is -2.68. The maximum absolute atomic E-state index is 15.5. The molecule has 6 rings (SSSR count). The van der Waals surface area contributed by atoms with Crippen LogP contribution in [-0.2, 0) is 29.4 Å². The quantitative estimate of drug-likeness (QED) is 0.246. The first-order valence-electron chi connectivity index (χ1n) is 16.4. The molecular weight excluding hydrogens is 505 g/mol. The zero-order chi connectivity index (χ0) is 29.0. The standard InChI is InChI=1S/C38H49FNO/c1-7-11-12-14-28-16-17-32-30(20-28)15-13-18-40-35(32)34-29(8-2)21-31(39)22-33(34)37(9-3)24-36(38(37,40)10-4)23-26(5)19-27(6)41-25-36/h16-17,19-23H,7-15,18,24-25H2,1-6H3/q+1. The minimum atomic E-state index is -0.184. The van der Waals surface area contributed by atoms with Gasteiger partial charge in [0.15, 0.2) is 5.54 Å². The normalized spacial score (nSPS) is 28.3. The average molecular weight is 555 g/mol. The van der Waals surface area contributed by atoms with Gasteiger partial charge in [-0.25, -0.2) is 8.97 Å². The van der Waals surface area contributed by atoms with E-state index in [9.17, 15) is 0 Å². The molecule has 0 saturated heterocycles. The summed E-state index contributed by atoms with van der Waals surface area (Å²) < 4.78 is 24.9. The fourth-order valence-corrected chi connectivity index (χ4v) is 9.75. The van der Waals surface area contributed by atoms with E-state index in [-0.39, 0.29) is 22.2 Å². The van der Waals surface area contributed by atoms with Gasteiger partial charge in [-0.1, -0.05) is 64.3 Å². The smallest absolute Gasteiger partial charge is 0.215 e. The summed E-state index contributed by atoms with van der Waals surface area (Å²) in [5.41, 5.74) is 10.2. The van der Waals surface area contributed by atoms with Gasteiger partial charge in [0, 0.05) is 18.4 Å². The number of benzene rings is 2. The van der Waals surface area contributed by atoms with Gasteiger partial charge >= 0.3 is 0 Å². The van der Waals surface area contributed by atoms with Gasteiger partial charge in [0.25, 0.3) is 0 Å².